The first-order valence-electron chi connectivity index (χ1n) is 8.58. The van der Waals surface area contributed by atoms with Gasteiger partial charge in [0.25, 0.3) is 5.91 Å². The molecular formula is C18H24N4O. The summed E-state index contributed by atoms with van der Waals surface area (Å²) in [6.45, 7) is 7.00. The Morgan fingerprint density at radius 1 is 1.30 bits per heavy atom. The summed E-state index contributed by atoms with van der Waals surface area (Å²) in [5.41, 5.74) is 1.63. The third-order valence-corrected chi connectivity index (χ3v) is 5.25. The van der Waals surface area contributed by atoms with Gasteiger partial charge in [-0.05, 0) is 57.8 Å². The summed E-state index contributed by atoms with van der Waals surface area (Å²) in [4.78, 5) is 21.8. The fourth-order valence-electron chi connectivity index (χ4n) is 4.07. The molecule has 1 aromatic heterocycles. The molecule has 0 spiro atoms. The lowest BCUT2D eigenvalue weighted by Gasteiger charge is -2.34. The SMILES string of the molecule is CCN1CCC[C@@H]1[C@H]1CCCN1C(=O)c1ccc(C#N)c(C)n1. The average molecular weight is 312 g/mol. The summed E-state index contributed by atoms with van der Waals surface area (Å²) in [6, 6.07) is 6.30. The van der Waals surface area contributed by atoms with E-state index in [1.54, 1.807) is 19.1 Å². The fourth-order valence-corrected chi connectivity index (χ4v) is 4.07. The second-order valence-electron chi connectivity index (χ2n) is 6.49. The van der Waals surface area contributed by atoms with Crippen LogP contribution in [0.2, 0.25) is 0 Å². The average Bonchev–Trinajstić information content (AvgIpc) is 3.22. The van der Waals surface area contributed by atoms with Crippen LogP contribution in [0.25, 0.3) is 0 Å². The van der Waals surface area contributed by atoms with Gasteiger partial charge < -0.3 is 4.90 Å². The van der Waals surface area contributed by atoms with Gasteiger partial charge in [-0.2, -0.15) is 5.26 Å². The molecule has 5 nitrogen and oxygen atoms in total. The maximum absolute atomic E-state index is 12.9. The molecule has 1 aromatic rings. The van der Waals surface area contributed by atoms with Crippen LogP contribution in [0.4, 0.5) is 0 Å². The van der Waals surface area contributed by atoms with Crippen molar-refractivity contribution in [2.45, 2.75) is 51.6 Å². The molecule has 0 saturated carbocycles. The highest BCUT2D eigenvalue weighted by Crippen LogP contribution is 2.30. The van der Waals surface area contributed by atoms with E-state index in [0.29, 0.717) is 29.0 Å². The van der Waals surface area contributed by atoms with Crippen molar-refractivity contribution in [3.05, 3.63) is 29.1 Å². The smallest absolute Gasteiger partial charge is 0.272 e. The first kappa shape index (κ1) is 15.9. The van der Waals surface area contributed by atoms with Crippen molar-refractivity contribution in [1.29, 1.82) is 5.26 Å². The van der Waals surface area contributed by atoms with E-state index in [-0.39, 0.29) is 5.91 Å². The minimum absolute atomic E-state index is 0.0167. The van der Waals surface area contributed by atoms with Crippen molar-refractivity contribution in [1.82, 2.24) is 14.8 Å². The van der Waals surface area contributed by atoms with Crippen molar-refractivity contribution < 1.29 is 4.79 Å². The number of hydrogen-bond donors (Lipinski definition) is 0. The minimum Gasteiger partial charge on any atom is -0.333 e. The Bertz CT molecular complexity index is 636. The predicted octanol–water partition coefficient (Wildman–Crippen LogP) is 2.35. The van der Waals surface area contributed by atoms with E-state index in [2.05, 4.69) is 22.9 Å². The molecule has 122 valence electrons. The van der Waals surface area contributed by atoms with E-state index in [1.807, 2.05) is 4.90 Å². The van der Waals surface area contributed by atoms with E-state index in [1.165, 1.54) is 12.8 Å². The first-order valence-corrected chi connectivity index (χ1v) is 8.58. The standard InChI is InChI=1S/C18H24N4O/c1-3-21-10-4-6-16(21)17-7-5-11-22(17)18(23)15-9-8-14(12-19)13(2)20-15/h8-9,16-17H,3-7,10-11H2,1-2H3/t16-,17-/m1/s1. The summed E-state index contributed by atoms with van der Waals surface area (Å²) >= 11 is 0. The fraction of sp³-hybridized carbons (Fsp3) is 0.611. The highest BCUT2D eigenvalue weighted by Gasteiger charge is 2.39. The van der Waals surface area contributed by atoms with Gasteiger partial charge in [0.1, 0.15) is 11.8 Å². The Morgan fingerprint density at radius 3 is 2.74 bits per heavy atom. The molecule has 2 atom stereocenters. The number of rotatable bonds is 3. The van der Waals surface area contributed by atoms with Crippen LogP contribution in [-0.2, 0) is 0 Å². The Kier molecular flexibility index (Phi) is 4.63. The van der Waals surface area contributed by atoms with E-state index in [9.17, 15) is 4.79 Å². The number of aryl methyl sites for hydroxylation is 1. The normalized spacial score (nSPS) is 24.8. The third kappa shape index (κ3) is 2.96. The van der Waals surface area contributed by atoms with Gasteiger partial charge in [0, 0.05) is 18.6 Å². The van der Waals surface area contributed by atoms with Crippen molar-refractivity contribution in [2.24, 2.45) is 0 Å². The van der Waals surface area contributed by atoms with Crippen LogP contribution in [0, 0.1) is 18.3 Å². The molecule has 3 rings (SSSR count). The van der Waals surface area contributed by atoms with Crippen LogP contribution in [0.1, 0.15) is 54.4 Å². The lowest BCUT2D eigenvalue weighted by atomic mass is 10.0. The molecule has 2 aliphatic heterocycles. The van der Waals surface area contributed by atoms with Crippen molar-refractivity contribution in [2.75, 3.05) is 19.6 Å². The number of likely N-dealkylation sites (N-methyl/N-ethyl adjacent to an activating group) is 1. The summed E-state index contributed by atoms with van der Waals surface area (Å²) in [5, 5.41) is 9.01. The predicted molar refractivity (Wildman–Crippen MR) is 88.0 cm³/mol. The molecule has 23 heavy (non-hydrogen) atoms. The second kappa shape index (κ2) is 6.67. The Balaban J connectivity index is 1.81. The molecule has 3 heterocycles. The monoisotopic (exact) mass is 312 g/mol. The van der Waals surface area contributed by atoms with E-state index < -0.39 is 0 Å². The lowest BCUT2D eigenvalue weighted by Crippen LogP contribution is -2.48. The highest BCUT2D eigenvalue weighted by molar-refractivity contribution is 5.93. The zero-order chi connectivity index (χ0) is 16.4. The molecule has 0 unspecified atom stereocenters. The number of pyridine rings is 1. The molecular weight excluding hydrogens is 288 g/mol. The summed E-state index contributed by atoms with van der Waals surface area (Å²) in [7, 11) is 0. The molecule has 0 aliphatic carbocycles. The number of aromatic nitrogens is 1. The molecule has 2 fully saturated rings. The second-order valence-corrected chi connectivity index (χ2v) is 6.49. The highest BCUT2D eigenvalue weighted by atomic mass is 16.2. The van der Waals surface area contributed by atoms with Gasteiger partial charge in [0.05, 0.1) is 11.3 Å². The van der Waals surface area contributed by atoms with Crippen LogP contribution in [0.15, 0.2) is 12.1 Å². The van der Waals surface area contributed by atoms with E-state index in [4.69, 9.17) is 5.26 Å². The number of likely N-dealkylation sites (tertiary alicyclic amines) is 2. The largest absolute Gasteiger partial charge is 0.333 e. The molecule has 2 saturated heterocycles. The van der Waals surface area contributed by atoms with Crippen LogP contribution >= 0.6 is 0 Å². The number of amides is 1. The van der Waals surface area contributed by atoms with Crippen molar-refractivity contribution >= 4 is 5.91 Å². The maximum atomic E-state index is 12.9. The Hall–Kier alpha value is -1.93. The van der Waals surface area contributed by atoms with Crippen molar-refractivity contribution in [3.8, 4) is 6.07 Å². The van der Waals surface area contributed by atoms with E-state index >= 15 is 0 Å². The minimum atomic E-state index is 0.0167. The van der Waals surface area contributed by atoms with Crippen LogP contribution in [0.5, 0.6) is 0 Å². The molecule has 5 heteroatoms. The number of nitrogens with zero attached hydrogens (tertiary/aromatic N) is 4. The van der Waals surface area contributed by atoms with Gasteiger partial charge in [-0.3, -0.25) is 9.69 Å². The summed E-state index contributed by atoms with van der Waals surface area (Å²) in [5.74, 6) is 0.0167. The number of hydrogen-bond acceptors (Lipinski definition) is 4. The molecule has 0 radical (unpaired) electrons. The van der Waals surface area contributed by atoms with E-state index in [0.717, 1.165) is 32.5 Å². The van der Waals surface area contributed by atoms with Crippen LogP contribution in [0.3, 0.4) is 0 Å². The Labute approximate surface area is 137 Å². The Morgan fingerprint density at radius 2 is 2.04 bits per heavy atom. The maximum Gasteiger partial charge on any atom is 0.272 e. The molecule has 0 bridgehead atoms. The first-order chi connectivity index (χ1) is 11.2. The number of carbonyl (C=O) groups excluding carboxylic acids is 1. The lowest BCUT2D eigenvalue weighted by molar-refractivity contribution is 0.0644. The number of nitriles is 1. The molecule has 0 aromatic carbocycles. The van der Waals surface area contributed by atoms with Crippen molar-refractivity contribution in [3.63, 3.8) is 0 Å². The third-order valence-electron chi connectivity index (χ3n) is 5.25. The van der Waals surface area contributed by atoms with Crippen LogP contribution in [-0.4, -0.2) is 52.4 Å². The molecule has 2 aliphatic rings. The molecule has 0 N–H and O–H groups in total. The van der Waals surface area contributed by atoms with Gasteiger partial charge in [-0.1, -0.05) is 6.92 Å². The zero-order valence-corrected chi connectivity index (χ0v) is 14.0. The summed E-state index contributed by atoms with van der Waals surface area (Å²) < 4.78 is 0. The topological polar surface area (TPSA) is 60.2 Å². The zero-order valence-electron chi connectivity index (χ0n) is 14.0. The van der Waals surface area contributed by atoms with Gasteiger partial charge in [0.2, 0.25) is 0 Å². The van der Waals surface area contributed by atoms with Gasteiger partial charge in [-0.15, -0.1) is 0 Å². The van der Waals surface area contributed by atoms with Gasteiger partial charge >= 0.3 is 0 Å². The van der Waals surface area contributed by atoms with Crippen LogP contribution < -0.4 is 0 Å². The quantitative estimate of drug-likeness (QED) is 0.859. The van der Waals surface area contributed by atoms with Gasteiger partial charge in [0.15, 0.2) is 0 Å². The summed E-state index contributed by atoms with van der Waals surface area (Å²) in [6.07, 6.45) is 4.56. The molecule has 1 amide bonds. The number of carbonyl (C=O) groups is 1. The van der Waals surface area contributed by atoms with Gasteiger partial charge in [-0.25, -0.2) is 4.98 Å².